The van der Waals surface area contributed by atoms with E-state index in [1.165, 1.54) is 59.0 Å². The molecule has 1 heterocycles. The van der Waals surface area contributed by atoms with E-state index in [4.69, 9.17) is 4.42 Å². The van der Waals surface area contributed by atoms with Crippen molar-refractivity contribution < 1.29 is 4.42 Å². The number of rotatable bonds is 4. The fraction of sp³-hybridized carbons (Fsp3) is 0.357. The molecule has 3 heteroatoms. The van der Waals surface area contributed by atoms with Crippen molar-refractivity contribution >= 4 is 43.3 Å². The van der Waals surface area contributed by atoms with Gasteiger partial charge in [-0.3, -0.25) is 0 Å². The fourth-order valence-corrected chi connectivity index (χ4v) is 6.27. The Hall–Kier alpha value is -2.39. The van der Waals surface area contributed by atoms with Gasteiger partial charge in [0.2, 0.25) is 0 Å². The quantitative estimate of drug-likeness (QED) is 0.322. The third-order valence-electron chi connectivity index (χ3n) is 6.85. The first-order valence-electron chi connectivity index (χ1n) is 11.4. The van der Waals surface area contributed by atoms with Crippen molar-refractivity contribution in [2.24, 2.45) is 0 Å². The first-order valence-corrected chi connectivity index (χ1v) is 14.3. The van der Waals surface area contributed by atoms with Crippen molar-refractivity contribution in [2.45, 2.75) is 42.9 Å². The van der Waals surface area contributed by atoms with Crippen molar-refractivity contribution in [1.82, 2.24) is 0 Å². The summed E-state index contributed by atoms with van der Waals surface area (Å²) in [7, 11) is 1.26. The number of furan rings is 1. The van der Waals surface area contributed by atoms with Gasteiger partial charge < -0.3 is 9.32 Å². The number of hydrogen-bond acceptors (Lipinski definition) is 2. The van der Waals surface area contributed by atoms with Gasteiger partial charge in [-0.05, 0) is 67.4 Å². The number of fused-ring (bicyclic) bond motifs is 3. The number of nitrogens with zero attached hydrogens (tertiary/aromatic N) is 1. The highest BCUT2D eigenvalue weighted by molar-refractivity contribution is 8.32. The van der Waals surface area contributed by atoms with E-state index in [2.05, 4.69) is 91.4 Å². The molecule has 0 N–H and O–H groups in total. The van der Waals surface area contributed by atoms with Crippen molar-refractivity contribution in [2.75, 3.05) is 30.7 Å². The van der Waals surface area contributed by atoms with Gasteiger partial charge in [0.1, 0.15) is 5.58 Å². The minimum atomic E-state index is -0.885. The predicted octanol–water partition coefficient (Wildman–Crippen LogP) is 8.45. The summed E-state index contributed by atoms with van der Waals surface area (Å²) in [6.45, 7) is 0. The van der Waals surface area contributed by atoms with E-state index in [-0.39, 0.29) is 0 Å². The van der Waals surface area contributed by atoms with Gasteiger partial charge >= 0.3 is 0 Å². The zero-order valence-corrected chi connectivity index (χ0v) is 20.0. The molecule has 5 rings (SSSR count). The van der Waals surface area contributed by atoms with E-state index in [0.717, 1.165) is 22.8 Å². The summed E-state index contributed by atoms with van der Waals surface area (Å²) in [4.78, 5) is 3.60. The molecule has 0 spiro atoms. The zero-order chi connectivity index (χ0) is 21.6. The molecule has 0 atom stereocenters. The maximum Gasteiger partial charge on any atom is 0.159 e. The van der Waals surface area contributed by atoms with Crippen LogP contribution in [0, 0.1) is 0 Å². The summed E-state index contributed by atoms with van der Waals surface area (Å²) >= 11 is 0. The molecule has 162 valence electrons. The smallest absolute Gasteiger partial charge is 0.159 e. The van der Waals surface area contributed by atoms with Crippen molar-refractivity contribution in [1.29, 1.82) is 0 Å². The Morgan fingerprint density at radius 3 is 2.10 bits per heavy atom. The van der Waals surface area contributed by atoms with Crippen LogP contribution in [0.2, 0.25) is 0 Å². The van der Waals surface area contributed by atoms with Gasteiger partial charge in [-0.25, -0.2) is 10.0 Å². The van der Waals surface area contributed by atoms with Crippen LogP contribution in [0.3, 0.4) is 0 Å². The van der Waals surface area contributed by atoms with Crippen LogP contribution >= 0.6 is 10.0 Å². The summed E-state index contributed by atoms with van der Waals surface area (Å²) in [5.41, 5.74) is 5.85. The van der Waals surface area contributed by atoms with Crippen LogP contribution in [0.25, 0.3) is 21.9 Å². The Labute approximate surface area is 187 Å². The van der Waals surface area contributed by atoms with Crippen LogP contribution in [-0.2, 0) is 0 Å². The van der Waals surface area contributed by atoms with Crippen LogP contribution in [0.4, 0.5) is 11.4 Å². The highest BCUT2D eigenvalue weighted by Crippen LogP contribution is 2.50. The summed E-state index contributed by atoms with van der Waals surface area (Å²) in [5.74, 6) is 0.741. The van der Waals surface area contributed by atoms with Crippen LogP contribution in [-0.4, -0.2) is 25.8 Å². The molecule has 1 aromatic heterocycles. The molecule has 2 nitrogen and oxygen atoms in total. The Morgan fingerprint density at radius 1 is 0.774 bits per heavy atom. The summed E-state index contributed by atoms with van der Waals surface area (Å²) in [5, 5.41) is 2.42. The average Bonchev–Trinajstić information content (AvgIpc) is 3.17. The molecule has 1 saturated carbocycles. The van der Waals surface area contributed by atoms with Crippen molar-refractivity contribution in [3.05, 3.63) is 66.2 Å². The van der Waals surface area contributed by atoms with Crippen LogP contribution in [0.1, 0.15) is 43.6 Å². The van der Waals surface area contributed by atoms with Gasteiger partial charge in [-0.15, -0.1) is 0 Å². The van der Waals surface area contributed by atoms with E-state index < -0.39 is 10.0 Å². The average molecular weight is 432 g/mol. The van der Waals surface area contributed by atoms with Crippen molar-refractivity contribution in [3.63, 3.8) is 0 Å². The number of benzene rings is 3. The Balaban J connectivity index is 1.55. The zero-order valence-electron chi connectivity index (χ0n) is 19.2. The molecule has 31 heavy (non-hydrogen) atoms. The highest BCUT2D eigenvalue weighted by atomic mass is 32.3. The third kappa shape index (κ3) is 3.74. The lowest BCUT2D eigenvalue weighted by atomic mass is 9.84. The molecule has 1 aliphatic carbocycles. The Kier molecular flexibility index (Phi) is 5.26. The maximum absolute atomic E-state index is 6.58. The standard InChI is InChI=1S/C28H33NOS/c1-29(22-18-16-21(17-19-22)20-10-6-5-7-11-20)25-14-8-12-23-24-13-9-15-26(31(2,3)4)28(24)30-27(23)25/h8-9,12-20H,5-7,10-11H2,1-4H3. The molecule has 0 bridgehead atoms. The second-order valence-corrected chi connectivity index (χ2v) is 13.8. The molecule has 0 saturated heterocycles. The molecule has 1 fully saturated rings. The van der Waals surface area contributed by atoms with Crippen LogP contribution < -0.4 is 4.90 Å². The van der Waals surface area contributed by atoms with Gasteiger partial charge in [0.05, 0.1) is 5.69 Å². The molecule has 0 aliphatic heterocycles. The van der Waals surface area contributed by atoms with Crippen LogP contribution in [0.15, 0.2) is 70.0 Å². The largest absolute Gasteiger partial charge is 0.453 e. The number of para-hydroxylation sites is 2. The van der Waals surface area contributed by atoms with E-state index in [0.29, 0.717) is 0 Å². The first kappa shape index (κ1) is 20.5. The molecule has 4 aromatic rings. The summed E-state index contributed by atoms with van der Waals surface area (Å²) in [6.07, 6.45) is 13.8. The second-order valence-electron chi connectivity index (χ2n) is 9.71. The number of hydrogen-bond donors (Lipinski definition) is 0. The lowest BCUT2D eigenvalue weighted by Gasteiger charge is -2.25. The van der Waals surface area contributed by atoms with Crippen LogP contribution in [0.5, 0.6) is 0 Å². The monoisotopic (exact) mass is 431 g/mol. The van der Waals surface area contributed by atoms with E-state index in [9.17, 15) is 0 Å². The normalized spacial score (nSPS) is 16.1. The van der Waals surface area contributed by atoms with Gasteiger partial charge in [0, 0.05) is 28.4 Å². The topological polar surface area (TPSA) is 16.4 Å². The van der Waals surface area contributed by atoms with Crippen molar-refractivity contribution in [3.8, 4) is 0 Å². The molecular formula is C28H33NOS. The molecule has 0 unspecified atom stereocenters. The van der Waals surface area contributed by atoms with Gasteiger partial charge in [0.25, 0.3) is 0 Å². The van der Waals surface area contributed by atoms with Gasteiger partial charge in [0.15, 0.2) is 5.58 Å². The Morgan fingerprint density at radius 2 is 1.42 bits per heavy atom. The Bertz CT molecular complexity index is 1210. The van der Waals surface area contributed by atoms with Gasteiger partial charge in [-0.2, -0.15) is 0 Å². The lowest BCUT2D eigenvalue weighted by molar-refractivity contribution is 0.443. The highest BCUT2D eigenvalue weighted by Gasteiger charge is 2.20. The molecule has 1 aliphatic rings. The molecular weight excluding hydrogens is 398 g/mol. The first-order chi connectivity index (χ1) is 14.9. The molecule has 0 radical (unpaired) electrons. The fourth-order valence-electron chi connectivity index (χ4n) is 5.07. The van der Waals surface area contributed by atoms with E-state index in [1.54, 1.807) is 0 Å². The molecule has 3 aromatic carbocycles. The second kappa shape index (κ2) is 7.94. The van der Waals surface area contributed by atoms with E-state index >= 15 is 0 Å². The maximum atomic E-state index is 6.58. The third-order valence-corrected chi connectivity index (χ3v) is 8.49. The summed E-state index contributed by atoms with van der Waals surface area (Å²) in [6, 6.07) is 22.3. The minimum absolute atomic E-state index is 0.741. The SMILES string of the molecule is CN(c1ccc(C2CCCCC2)cc1)c1cccc2c1oc1c(S(C)(C)C)cccc12. The minimum Gasteiger partial charge on any atom is -0.453 e. The number of anilines is 2. The molecule has 0 amide bonds. The van der Waals surface area contributed by atoms with E-state index in [1.807, 2.05) is 0 Å². The lowest BCUT2D eigenvalue weighted by Crippen LogP contribution is -2.10. The van der Waals surface area contributed by atoms with Gasteiger partial charge in [-0.1, -0.05) is 55.7 Å². The predicted molar refractivity (Wildman–Crippen MR) is 138 cm³/mol. The summed E-state index contributed by atoms with van der Waals surface area (Å²) < 4.78 is 6.58.